The summed E-state index contributed by atoms with van der Waals surface area (Å²) in [5.41, 5.74) is 5.41. The Morgan fingerprint density at radius 2 is 1.82 bits per heavy atom. The molecule has 0 bridgehead atoms. The maximum atomic E-state index is 12.8. The van der Waals surface area contributed by atoms with Crippen LogP contribution in [-0.4, -0.2) is 15.7 Å². The van der Waals surface area contributed by atoms with E-state index in [0.717, 1.165) is 16.7 Å². The fourth-order valence-electron chi connectivity index (χ4n) is 3.12. The van der Waals surface area contributed by atoms with Crippen molar-refractivity contribution >= 4 is 11.6 Å². The smallest absolute Gasteiger partial charge is 0.267 e. The minimum absolute atomic E-state index is 0.250. The minimum Gasteiger partial charge on any atom is -0.324 e. The number of anilines is 1. The fraction of sp³-hybridized carbons (Fsp3) is 0.261. The molecule has 3 aromatic rings. The number of carbonyl (C=O) groups excluding carboxylic acids is 1. The van der Waals surface area contributed by atoms with Gasteiger partial charge < -0.3 is 5.32 Å². The van der Waals surface area contributed by atoms with Crippen molar-refractivity contribution in [2.24, 2.45) is 0 Å². The second-order valence-corrected chi connectivity index (χ2v) is 7.08. The molecule has 0 aliphatic heterocycles. The van der Waals surface area contributed by atoms with Gasteiger partial charge >= 0.3 is 0 Å². The van der Waals surface area contributed by atoms with E-state index in [1.54, 1.807) is 6.07 Å². The Labute approximate surface area is 165 Å². The highest BCUT2D eigenvalue weighted by Gasteiger charge is 2.21. The highest BCUT2D eigenvalue weighted by Crippen LogP contribution is 2.21. The summed E-state index contributed by atoms with van der Waals surface area (Å²) in [6.07, 6.45) is 0.459. The monoisotopic (exact) mass is 375 g/mol. The second kappa shape index (κ2) is 8.21. The third-order valence-electron chi connectivity index (χ3n) is 4.90. The van der Waals surface area contributed by atoms with Crippen LogP contribution in [-0.2, 0) is 4.79 Å². The summed E-state index contributed by atoms with van der Waals surface area (Å²) >= 11 is 0. The number of rotatable bonds is 5. The van der Waals surface area contributed by atoms with Crippen molar-refractivity contribution in [3.05, 3.63) is 81.6 Å². The molecule has 1 aromatic heterocycles. The van der Waals surface area contributed by atoms with E-state index in [9.17, 15) is 9.59 Å². The first kappa shape index (κ1) is 19.5. The maximum absolute atomic E-state index is 12.8. The van der Waals surface area contributed by atoms with Crippen molar-refractivity contribution in [2.45, 2.75) is 40.2 Å². The number of carbonyl (C=O) groups is 1. The van der Waals surface area contributed by atoms with Gasteiger partial charge in [0.1, 0.15) is 6.04 Å². The van der Waals surface area contributed by atoms with E-state index in [2.05, 4.69) is 17.3 Å². The van der Waals surface area contributed by atoms with Crippen LogP contribution in [0, 0.1) is 20.8 Å². The van der Waals surface area contributed by atoms with Crippen LogP contribution in [0.3, 0.4) is 0 Å². The molecule has 0 fully saturated rings. The standard InChI is InChI=1S/C23H25N3O2/c1-5-21(23(28)24-19-8-6-7-15(2)13-19)26-22(27)12-11-20(25-26)18-10-9-16(3)17(4)14-18/h6-14,21H,5H2,1-4H3,(H,24,28)/t21-/m1/s1. The summed E-state index contributed by atoms with van der Waals surface area (Å²) in [5, 5.41) is 7.40. The van der Waals surface area contributed by atoms with Gasteiger partial charge in [0.25, 0.3) is 5.56 Å². The molecule has 0 spiro atoms. The molecule has 0 aliphatic carbocycles. The average molecular weight is 375 g/mol. The van der Waals surface area contributed by atoms with Crippen LogP contribution in [0.5, 0.6) is 0 Å². The van der Waals surface area contributed by atoms with Crippen molar-refractivity contribution in [1.29, 1.82) is 0 Å². The average Bonchev–Trinajstić information content (AvgIpc) is 2.66. The minimum atomic E-state index is -0.681. The van der Waals surface area contributed by atoms with Gasteiger partial charge in [0.05, 0.1) is 5.69 Å². The number of nitrogens with one attached hydrogen (secondary N) is 1. The van der Waals surface area contributed by atoms with E-state index in [1.165, 1.54) is 16.3 Å². The van der Waals surface area contributed by atoms with Crippen LogP contribution in [0.4, 0.5) is 5.69 Å². The number of aryl methyl sites for hydroxylation is 3. The SMILES string of the molecule is CC[C@H](C(=O)Nc1cccc(C)c1)n1nc(-c2ccc(C)c(C)c2)ccc1=O. The van der Waals surface area contributed by atoms with Crippen LogP contribution < -0.4 is 10.9 Å². The van der Waals surface area contributed by atoms with E-state index in [-0.39, 0.29) is 11.5 Å². The van der Waals surface area contributed by atoms with Gasteiger partial charge in [-0.1, -0.05) is 31.2 Å². The molecule has 3 rings (SSSR count). The number of nitrogens with zero attached hydrogens (tertiary/aromatic N) is 2. The van der Waals surface area contributed by atoms with Crippen molar-refractivity contribution in [3.8, 4) is 11.3 Å². The molecule has 0 aliphatic rings. The summed E-state index contributed by atoms with van der Waals surface area (Å²) in [6.45, 7) is 7.93. The lowest BCUT2D eigenvalue weighted by Gasteiger charge is -2.18. The number of hydrogen-bond donors (Lipinski definition) is 1. The number of aromatic nitrogens is 2. The van der Waals surface area contributed by atoms with Gasteiger partial charge in [0, 0.05) is 17.3 Å². The molecule has 28 heavy (non-hydrogen) atoms. The summed E-state index contributed by atoms with van der Waals surface area (Å²) in [5.74, 6) is -0.250. The van der Waals surface area contributed by atoms with Gasteiger partial charge in [0.15, 0.2) is 0 Å². The first-order valence-corrected chi connectivity index (χ1v) is 9.44. The Hall–Kier alpha value is -3.21. The Morgan fingerprint density at radius 3 is 2.50 bits per heavy atom. The second-order valence-electron chi connectivity index (χ2n) is 7.08. The topological polar surface area (TPSA) is 64.0 Å². The first-order chi connectivity index (χ1) is 13.4. The van der Waals surface area contributed by atoms with Crippen LogP contribution in [0.15, 0.2) is 59.4 Å². The summed E-state index contributed by atoms with van der Waals surface area (Å²) in [4.78, 5) is 25.3. The van der Waals surface area contributed by atoms with E-state index in [0.29, 0.717) is 17.8 Å². The van der Waals surface area contributed by atoms with Crippen molar-refractivity contribution < 1.29 is 4.79 Å². The van der Waals surface area contributed by atoms with Gasteiger partial charge in [-0.25, -0.2) is 4.68 Å². The largest absolute Gasteiger partial charge is 0.324 e. The molecule has 1 amide bonds. The van der Waals surface area contributed by atoms with Gasteiger partial charge in [0.2, 0.25) is 5.91 Å². The molecule has 5 nitrogen and oxygen atoms in total. The van der Waals surface area contributed by atoms with Crippen LogP contribution in [0.2, 0.25) is 0 Å². The molecule has 0 radical (unpaired) electrons. The Kier molecular flexibility index (Phi) is 5.73. The highest BCUT2D eigenvalue weighted by atomic mass is 16.2. The molecule has 5 heteroatoms. The van der Waals surface area contributed by atoms with E-state index < -0.39 is 6.04 Å². The third-order valence-corrected chi connectivity index (χ3v) is 4.90. The molecule has 0 unspecified atom stereocenters. The zero-order valence-corrected chi connectivity index (χ0v) is 16.7. The Bertz CT molecular complexity index is 1070. The third kappa shape index (κ3) is 4.19. The fourth-order valence-corrected chi connectivity index (χ4v) is 3.12. The first-order valence-electron chi connectivity index (χ1n) is 9.44. The van der Waals surface area contributed by atoms with Crippen LogP contribution in [0.25, 0.3) is 11.3 Å². The van der Waals surface area contributed by atoms with Crippen LogP contribution in [0.1, 0.15) is 36.1 Å². The maximum Gasteiger partial charge on any atom is 0.267 e. The molecule has 0 saturated heterocycles. The highest BCUT2D eigenvalue weighted by molar-refractivity contribution is 5.93. The molecule has 1 atom stereocenters. The van der Waals surface area contributed by atoms with Crippen LogP contribution >= 0.6 is 0 Å². The molecular formula is C23H25N3O2. The summed E-state index contributed by atoms with van der Waals surface area (Å²) in [7, 11) is 0. The predicted molar refractivity (Wildman–Crippen MR) is 113 cm³/mol. The van der Waals surface area contributed by atoms with Gasteiger partial charge in [-0.15, -0.1) is 0 Å². The van der Waals surface area contributed by atoms with Gasteiger partial charge in [-0.05, 0) is 68.1 Å². The molecular weight excluding hydrogens is 350 g/mol. The zero-order chi connectivity index (χ0) is 20.3. The zero-order valence-electron chi connectivity index (χ0n) is 16.7. The predicted octanol–water partition coefficient (Wildman–Crippen LogP) is 4.43. The van der Waals surface area contributed by atoms with Crippen molar-refractivity contribution in [2.75, 3.05) is 5.32 Å². The Balaban J connectivity index is 1.94. The van der Waals surface area contributed by atoms with Gasteiger partial charge in [-0.2, -0.15) is 5.10 Å². The number of amides is 1. The molecule has 1 N–H and O–H groups in total. The summed E-state index contributed by atoms with van der Waals surface area (Å²) < 4.78 is 1.29. The lowest BCUT2D eigenvalue weighted by Crippen LogP contribution is -2.34. The lowest BCUT2D eigenvalue weighted by atomic mass is 10.0. The van der Waals surface area contributed by atoms with E-state index in [4.69, 9.17) is 0 Å². The summed E-state index contributed by atoms with van der Waals surface area (Å²) in [6, 6.07) is 16.1. The molecule has 2 aromatic carbocycles. The normalized spacial score (nSPS) is 11.9. The molecule has 144 valence electrons. The van der Waals surface area contributed by atoms with E-state index in [1.807, 2.05) is 63.2 Å². The number of benzene rings is 2. The van der Waals surface area contributed by atoms with Crippen molar-refractivity contribution in [3.63, 3.8) is 0 Å². The van der Waals surface area contributed by atoms with Crippen molar-refractivity contribution in [1.82, 2.24) is 9.78 Å². The van der Waals surface area contributed by atoms with Gasteiger partial charge in [-0.3, -0.25) is 9.59 Å². The molecule has 0 saturated carbocycles. The van der Waals surface area contributed by atoms with E-state index >= 15 is 0 Å². The quantitative estimate of drug-likeness (QED) is 0.718. The Morgan fingerprint density at radius 1 is 1.04 bits per heavy atom. The molecule has 1 heterocycles. The number of hydrogen-bond acceptors (Lipinski definition) is 3. The lowest BCUT2D eigenvalue weighted by molar-refractivity contribution is -0.119.